The minimum atomic E-state index is -2.93. The average Bonchev–Trinajstić information content (AvgIpc) is 3.06. The molecule has 9 heteroatoms. The van der Waals surface area contributed by atoms with Crippen molar-refractivity contribution < 1.29 is 22.7 Å². The fraction of sp³-hybridized carbons (Fsp3) is 0.176. The van der Waals surface area contributed by atoms with E-state index >= 15 is 0 Å². The SMILES string of the molecule is Cc1cc(-c2nnn(CC(=O)c3ccc(OC(F)F)cc3)n2)ccc1F. The van der Waals surface area contributed by atoms with Crippen LogP contribution in [0.2, 0.25) is 0 Å². The van der Waals surface area contributed by atoms with E-state index in [2.05, 4.69) is 20.1 Å². The van der Waals surface area contributed by atoms with E-state index in [1.54, 1.807) is 13.0 Å². The van der Waals surface area contributed by atoms with Crippen LogP contribution >= 0.6 is 0 Å². The van der Waals surface area contributed by atoms with Crippen LogP contribution in [0.3, 0.4) is 0 Å². The second-order valence-electron chi connectivity index (χ2n) is 5.43. The highest BCUT2D eigenvalue weighted by Crippen LogP contribution is 2.18. The molecule has 0 fully saturated rings. The van der Waals surface area contributed by atoms with Crippen molar-refractivity contribution in [3.8, 4) is 17.1 Å². The molecule has 26 heavy (non-hydrogen) atoms. The topological polar surface area (TPSA) is 69.9 Å². The van der Waals surface area contributed by atoms with Crippen molar-refractivity contribution in [1.82, 2.24) is 20.2 Å². The summed E-state index contributed by atoms with van der Waals surface area (Å²) in [6, 6.07) is 9.72. The lowest BCUT2D eigenvalue weighted by molar-refractivity contribution is -0.0498. The summed E-state index contributed by atoms with van der Waals surface area (Å²) >= 11 is 0. The normalized spacial score (nSPS) is 11.0. The molecule has 0 bridgehead atoms. The van der Waals surface area contributed by atoms with Gasteiger partial charge in [0.1, 0.15) is 18.1 Å². The van der Waals surface area contributed by atoms with Crippen molar-refractivity contribution in [3.05, 3.63) is 59.4 Å². The van der Waals surface area contributed by atoms with Gasteiger partial charge in [0.25, 0.3) is 0 Å². The number of ether oxygens (including phenoxy) is 1. The molecule has 0 N–H and O–H groups in total. The minimum absolute atomic E-state index is 0.0376. The maximum Gasteiger partial charge on any atom is 0.387 e. The van der Waals surface area contributed by atoms with Crippen molar-refractivity contribution in [1.29, 1.82) is 0 Å². The highest BCUT2D eigenvalue weighted by Gasteiger charge is 2.13. The zero-order valence-corrected chi connectivity index (χ0v) is 13.6. The van der Waals surface area contributed by atoms with Crippen LogP contribution in [0.25, 0.3) is 11.4 Å². The van der Waals surface area contributed by atoms with Gasteiger partial charge < -0.3 is 4.74 Å². The molecule has 3 rings (SSSR count). The Hall–Kier alpha value is -3.23. The number of Topliss-reactive ketones (excluding diaryl/α,β-unsaturated/α-hetero) is 1. The summed E-state index contributed by atoms with van der Waals surface area (Å²) in [6.45, 7) is -1.49. The van der Waals surface area contributed by atoms with E-state index in [0.717, 1.165) is 4.80 Å². The molecule has 2 aromatic carbocycles. The first-order valence-electron chi connectivity index (χ1n) is 7.55. The van der Waals surface area contributed by atoms with Gasteiger partial charge in [0.15, 0.2) is 5.78 Å². The van der Waals surface area contributed by atoms with Gasteiger partial charge >= 0.3 is 6.61 Å². The summed E-state index contributed by atoms with van der Waals surface area (Å²) in [6.07, 6.45) is 0. The second kappa shape index (κ2) is 7.34. The van der Waals surface area contributed by atoms with Gasteiger partial charge in [-0.2, -0.15) is 13.6 Å². The Kier molecular flexibility index (Phi) is 4.97. The fourth-order valence-electron chi connectivity index (χ4n) is 2.25. The van der Waals surface area contributed by atoms with Gasteiger partial charge in [-0.1, -0.05) is 0 Å². The van der Waals surface area contributed by atoms with E-state index in [4.69, 9.17) is 0 Å². The molecule has 0 unspecified atom stereocenters. The molecule has 3 aromatic rings. The largest absolute Gasteiger partial charge is 0.435 e. The zero-order valence-electron chi connectivity index (χ0n) is 13.6. The number of ketones is 1. The molecule has 134 valence electrons. The molecular weight excluding hydrogens is 349 g/mol. The van der Waals surface area contributed by atoms with E-state index in [1.807, 2.05) is 0 Å². The summed E-state index contributed by atoms with van der Waals surface area (Å²) in [5.74, 6) is -0.436. The molecular formula is C17H13F3N4O2. The van der Waals surface area contributed by atoms with Crippen molar-refractivity contribution in [2.45, 2.75) is 20.1 Å². The van der Waals surface area contributed by atoms with E-state index in [-0.39, 0.29) is 29.7 Å². The number of tetrazole rings is 1. The van der Waals surface area contributed by atoms with Gasteiger partial charge in [-0.15, -0.1) is 10.2 Å². The number of aromatic nitrogens is 4. The Bertz CT molecular complexity index is 926. The predicted octanol–water partition coefficient (Wildman–Crippen LogP) is 3.27. The summed E-state index contributed by atoms with van der Waals surface area (Å²) in [5, 5.41) is 11.8. The van der Waals surface area contributed by atoms with Gasteiger partial charge in [0.2, 0.25) is 5.82 Å². The van der Waals surface area contributed by atoms with E-state index in [0.29, 0.717) is 16.7 Å². The van der Waals surface area contributed by atoms with Crippen molar-refractivity contribution in [2.75, 3.05) is 0 Å². The monoisotopic (exact) mass is 362 g/mol. The molecule has 1 aromatic heterocycles. The first kappa shape index (κ1) is 17.6. The van der Waals surface area contributed by atoms with Gasteiger partial charge in [0, 0.05) is 11.1 Å². The summed E-state index contributed by atoms with van der Waals surface area (Å²) < 4.78 is 41.8. The number of halogens is 3. The Balaban J connectivity index is 1.70. The summed E-state index contributed by atoms with van der Waals surface area (Å²) in [5.41, 5.74) is 1.32. The van der Waals surface area contributed by atoms with Gasteiger partial charge in [0.05, 0.1) is 0 Å². The van der Waals surface area contributed by atoms with Crippen LogP contribution < -0.4 is 4.74 Å². The van der Waals surface area contributed by atoms with Gasteiger partial charge in [-0.3, -0.25) is 4.79 Å². The quantitative estimate of drug-likeness (QED) is 0.630. The van der Waals surface area contributed by atoms with Crippen LogP contribution in [0, 0.1) is 12.7 Å². The lowest BCUT2D eigenvalue weighted by Gasteiger charge is -2.05. The van der Waals surface area contributed by atoms with E-state index in [1.165, 1.54) is 36.4 Å². The third kappa shape index (κ3) is 4.05. The molecule has 0 radical (unpaired) electrons. The van der Waals surface area contributed by atoms with Crippen molar-refractivity contribution in [2.24, 2.45) is 0 Å². The number of aryl methyl sites for hydroxylation is 1. The summed E-state index contributed by atoms with van der Waals surface area (Å²) in [4.78, 5) is 13.3. The van der Waals surface area contributed by atoms with Crippen molar-refractivity contribution >= 4 is 5.78 Å². The first-order valence-corrected chi connectivity index (χ1v) is 7.55. The molecule has 0 saturated carbocycles. The van der Waals surface area contributed by atoms with E-state index < -0.39 is 6.61 Å². The molecule has 6 nitrogen and oxygen atoms in total. The highest BCUT2D eigenvalue weighted by molar-refractivity contribution is 5.95. The molecule has 0 amide bonds. The Morgan fingerprint density at radius 1 is 1.19 bits per heavy atom. The standard InChI is InChI=1S/C17H13F3N4O2/c1-10-8-12(4-7-14(10)18)16-21-23-24(22-16)9-15(25)11-2-5-13(6-3-11)26-17(19)20/h2-8,17H,9H2,1H3. The van der Waals surface area contributed by atoms with Gasteiger partial charge in [-0.25, -0.2) is 4.39 Å². The van der Waals surface area contributed by atoms with Crippen LogP contribution in [-0.4, -0.2) is 32.6 Å². The molecule has 0 aliphatic heterocycles. The number of carbonyl (C=O) groups is 1. The molecule has 0 aliphatic rings. The number of hydrogen-bond donors (Lipinski definition) is 0. The molecule has 0 aliphatic carbocycles. The maximum absolute atomic E-state index is 13.3. The number of carbonyl (C=O) groups excluding carboxylic acids is 1. The van der Waals surface area contributed by atoms with Crippen LogP contribution in [0.15, 0.2) is 42.5 Å². The number of nitrogens with zero attached hydrogens (tertiary/aromatic N) is 4. The fourth-order valence-corrected chi connectivity index (χ4v) is 2.25. The second-order valence-corrected chi connectivity index (χ2v) is 5.43. The first-order chi connectivity index (χ1) is 12.4. The number of hydrogen-bond acceptors (Lipinski definition) is 5. The van der Waals surface area contributed by atoms with E-state index in [9.17, 15) is 18.0 Å². The predicted molar refractivity (Wildman–Crippen MR) is 85.4 cm³/mol. The number of alkyl halides is 2. The van der Waals surface area contributed by atoms with Crippen LogP contribution in [0.1, 0.15) is 15.9 Å². The molecule has 0 spiro atoms. The third-order valence-electron chi connectivity index (χ3n) is 3.56. The van der Waals surface area contributed by atoms with Crippen LogP contribution in [0.4, 0.5) is 13.2 Å². The molecule has 0 saturated heterocycles. The average molecular weight is 362 g/mol. The Labute approximate surface area is 146 Å². The molecule has 1 heterocycles. The van der Waals surface area contributed by atoms with Gasteiger partial charge in [-0.05, 0) is 60.2 Å². The Morgan fingerprint density at radius 2 is 1.92 bits per heavy atom. The lowest BCUT2D eigenvalue weighted by atomic mass is 10.1. The summed E-state index contributed by atoms with van der Waals surface area (Å²) in [7, 11) is 0. The minimum Gasteiger partial charge on any atom is -0.435 e. The third-order valence-corrected chi connectivity index (χ3v) is 3.56. The maximum atomic E-state index is 13.3. The van der Waals surface area contributed by atoms with Crippen LogP contribution in [-0.2, 0) is 6.54 Å². The zero-order chi connectivity index (χ0) is 18.7. The lowest BCUT2D eigenvalue weighted by Crippen LogP contribution is -2.13. The number of benzene rings is 2. The smallest absolute Gasteiger partial charge is 0.387 e. The Morgan fingerprint density at radius 3 is 2.58 bits per heavy atom. The van der Waals surface area contributed by atoms with Crippen molar-refractivity contribution in [3.63, 3.8) is 0 Å². The molecule has 0 atom stereocenters. The highest BCUT2D eigenvalue weighted by atomic mass is 19.3. The van der Waals surface area contributed by atoms with Crippen LogP contribution in [0.5, 0.6) is 5.75 Å². The number of rotatable bonds is 6.